The fraction of sp³-hybridized carbons (Fsp3) is 0.625. The maximum Gasteiger partial charge on any atom is 0.333 e. The minimum atomic E-state index is -0.869. The molecular formula is C16H27NO4. The zero-order chi connectivity index (χ0) is 16.3. The lowest BCUT2D eigenvalue weighted by Gasteiger charge is -2.09. The van der Waals surface area contributed by atoms with E-state index in [0.717, 1.165) is 25.7 Å². The molecule has 0 aliphatic rings. The Balaban J connectivity index is 3.84. The number of carboxylic acids is 1. The topological polar surface area (TPSA) is 66.8 Å². The number of ether oxygens (including phenoxy) is 1. The molecule has 0 amide bonds. The number of allylic oxidation sites excluding steroid dienone is 2. The first kappa shape index (κ1) is 19.4. The van der Waals surface area contributed by atoms with E-state index in [4.69, 9.17) is 9.84 Å². The lowest BCUT2D eigenvalue weighted by Crippen LogP contribution is -2.20. The lowest BCUT2D eigenvalue weighted by atomic mass is 10.1. The molecule has 0 aromatic carbocycles. The fourth-order valence-corrected chi connectivity index (χ4v) is 1.53. The zero-order valence-corrected chi connectivity index (χ0v) is 13.5. The molecule has 5 heteroatoms. The van der Waals surface area contributed by atoms with Gasteiger partial charge in [0.2, 0.25) is 0 Å². The molecule has 1 N–H and O–H groups in total. The van der Waals surface area contributed by atoms with E-state index in [1.54, 1.807) is 19.9 Å². The minimum absolute atomic E-state index is 0.265. The van der Waals surface area contributed by atoms with Gasteiger partial charge in [0.1, 0.15) is 6.61 Å². The van der Waals surface area contributed by atoms with E-state index >= 15 is 0 Å². The second-order valence-corrected chi connectivity index (χ2v) is 5.30. The van der Waals surface area contributed by atoms with Gasteiger partial charge in [-0.3, -0.25) is 0 Å². The number of aliphatic carboxylic acids is 1. The Labute approximate surface area is 127 Å². The third kappa shape index (κ3) is 10.8. The standard InChI is InChI=1S/C16H27NO4/c1-13(15(18)19)9-7-5-6-8-10-14(2)16(20)21-12-11-17(3)4/h9-10H,5-8,11-12H2,1-4H3,(H,18,19). The second-order valence-electron chi connectivity index (χ2n) is 5.30. The Morgan fingerprint density at radius 1 is 1.05 bits per heavy atom. The molecule has 0 radical (unpaired) electrons. The molecule has 0 aliphatic heterocycles. The van der Waals surface area contributed by atoms with Crippen LogP contribution in [0.4, 0.5) is 0 Å². The molecule has 0 saturated carbocycles. The minimum Gasteiger partial charge on any atom is -0.478 e. The van der Waals surface area contributed by atoms with Crippen molar-refractivity contribution >= 4 is 11.9 Å². The van der Waals surface area contributed by atoms with E-state index in [9.17, 15) is 9.59 Å². The number of rotatable bonds is 10. The number of carboxylic acid groups (broad SMARTS) is 1. The summed E-state index contributed by atoms with van der Waals surface area (Å²) in [7, 11) is 3.86. The zero-order valence-electron chi connectivity index (χ0n) is 13.5. The second kappa shape index (κ2) is 11.1. The van der Waals surface area contributed by atoms with Crippen LogP contribution >= 0.6 is 0 Å². The van der Waals surface area contributed by atoms with Gasteiger partial charge in [-0.2, -0.15) is 0 Å². The summed E-state index contributed by atoms with van der Waals surface area (Å²) < 4.78 is 5.13. The van der Waals surface area contributed by atoms with Gasteiger partial charge in [-0.05, 0) is 53.6 Å². The van der Waals surface area contributed by atoms with Gasteiger partial charge in [0.05, 0.1) is 0 Å². The molecule has 0 rings (SSSR count). The van der Waals surface area contributed by atoms with Crippen LogP contribution in [0.2, 0.25) is 0 Å². The Morgan fingerprint density at radius 2 is 1.57 bits per heavy atom. The highest BCUT2D eigenvalue weighted by Crippen LogP contribution is 2.07. The Kier molecular flexibility index (Phi) is 10.2. The number of unbranched alkanes of at least 4 members (excludes halogenated alkanes) is 3. The van der Waals surface area contributed by atoms with Crippen LogP contribution in [0.1, 0.15) is 39.5 Å². The molecule has 21 heavy (non-hydrogen) atoms. The van der Waals surface area contributed by atoms with Crippen molar-refractivity contribution in [2.24, 2.45) is 0 Å². The fourth-order valence-electron chi connectivity index (χ4n) is 1.53. The van der Waals surface area contributed by atoms with Crippen molar-refractivity contribution in [1.82, 2.24) is 4.90 Å². The average Bonchev–Trinajstić information content (AvgIpc) is 2.41. The van der Waals surface area contributed by atoms with E-state index < -0.39 is 5.97 Å². The average molecular weight is 297 g/mol. The molecule has 0 heterocycles. The van der Waals surface area contributed by atoms with Gasteiger partial charge in [0.15, 0.2) is 0 Å². The summed E-state index contributed by atoms with van der Waals surface area (Å²) in [5.41, 5.74) is 1.01. The monoisotopic (exact) mass is 297 g/mol. The van der Waals surface area contributed by atoms with Gasteiger partial charge in [-0.1, -0.05) is 12.2 Å². The van der Waals surface area contributed by atoms with Crippen LogP contribution in [0.25, 0.3) is 0 Å². The smallest absolute Gasteiger partial charge is 0.333 e. The Hall–Kier alpha value is -1.62. The summed E-state index contributed by atoms with van der Waals surface area (Å²) in [6.07, 6.45) is 6.99. The first-order valence-corrected chi connectivity index (χ1v) is 7.23. The van der Waals surface area contributed by atoms with Crippen LogP contribution < -0.4 is 0 Å². The third-order valence-corrected chi connectivity index (χ3v) is 2.99. The molecule has 0 atom stereocenters. The van der Waals surface area contributed by atoms with Crippen LogP contribution in [0.3, 0.4) is 0 Å². The molecule has 5 nitrogen and oxygen atoms in total. The largest absolute Gasteiger partial charge is 0.478 e. The number of esters is 1. The normalized spacial score (nSPS) is 12.6. The molecule has 120 valence electrons. The van der Waals surface area contributed by atoms with Gasteiger partial charge >= 0.3 is 11.9 Å². The molecule has 0 bridgehead atoms. The molecule has 0 unspecified atom stereocenters. The van der Waals surface area contributed by atoms with Crippen molar-refractivity contribution in [2.45, 2.75) is 39.5 Å². The molecule has 0 spiro atoms. The Morgan fingerprint density at radius 3 is 2.05 bits per heavy atom. The molecule has 0 aromatic rings. The lowest BCUT2D eigenvalue weighted by molar-refractivity contribution is -0.139. The van der Waals surface area contributed by atoms with Gasteiger partial charge in [-0.25, -0.2) is 9.59 Å². The molecule has 0 saturated heterocycles. The summed E-state index contributed by atoms with van der Waals surface area (Å²) in [6.45, 7) is 4.47. The number of carbonyl (C=O) groups is 2. The van der Waals surface area contributed by atoms with Crippen molar-refractivity contribution in [3.63, 3.8) is 0 Å². The van der Waals surface area contributed by atoms with Crippen LogP contribution in [-0.4, -0.2) is 49.2 Å². The van der Waals surface area contributed by atoms with Crippen LogP contribution in [-0.2, 0) is 14.3 Å². The van der Waals surface area contributed by atoms with Crippen molar-refractivity contribution in [1.29, 1.82) is 0 Å². The summed E-state index contributed by atoms with van der Waals surface area (Å²) in [5, 5.41) is 8.69. The van der Waals surface area contributed by atoms with E-state index in [-0.39, 0.29) is 5.97 Å². The van der Waals surface area contributed by atoms with Crippen LogP contribution in [0.15, 0.2) is 23.3 Å². The van der Waals surface area contributed by atoms with Crippen molar-refractivity contribution in [2.75, 3.05) is 27.2 Å². The quantitative estimate of drug-likeness (QED) is 0.381. The summed E-state index contributed by atoms with van der Waals surface area (Å²) in [5.74, 6) is -1.13. The first-order chi connectivity index (χ1) is 9.84. The maximum absolute atomic E-state index is 11.6. The first-order valence-electron chi connectivity index (χ1n) is 7.23. The van der Waals surface area contributed by atoms with E-state index in [1.165, 1.54) is 0 Å². The predicted molar refractivity (Wildman–Crippen MR) is 83.1 cm³/mol. The number of hydrogen-bond acceptors (Lipinski definition) is 4. The van der Waals surface area contributed by atoms with Crippen molar-refractivity contribution in [3.8, 4) is 0 Å². The van der Waals surface area contributed by atoms with Crippen LogP contribution in [0, 0.1) is 0 Å². The van der Waals surface area contributed by atoms with E-state index in [0.29, 0.717) is 24.3 Å². The third-order valence-electron chi connectivity index (χ3n) is 2.99. The summed E-state index contributed by atoms with van der Waals surface area (Å²) in [4.78, 5) is 24.2. The SMILES string of the molecule is CC(=CCCCCC=C(C)C(=O)OCCN(C)C)C(=O)O. The number of likely N-dealkylation sites (N-methyl/N-ethyl adjacent to an activating group) is 1. The van der Waals surface area contributed by atoms with Crippen LogP contribution in [0.5, 0.6) is 0 Å². The van der Waals surface area contributed by atoms with Gasteiger partial charge in [-0.15, -0.1) is 0 Å². The van der Waals surface area contributed by atoms with E-state index in [1.807, 2.05) is 25.1 Å². The molecular weight excluding hydrogens is 270 g/mol. The highest BCUT2D eigenvalue weighted by Gasteiger charge is 2.05. The maximum atomic E-state index is 11.6. The summed E-state index contributed by atoms with van der Waals surface area (Å²) in [6, 6.07) is 0. The predicted octanol–water partition coefficient (Wildman–Crippen LogP) is 2.63. The van der Waals surface area contributed by atoms with Gasteiger partial charge in [0.25, 0.3) is 0 Å². The Bertz CT molecular complexity index is 397. The molecule has 0 aromatic heterocycles. The number of nitrogens with zero attached hydrogens (tertiary/aromatic N) is 1. The number of carbonyl (C=O) groups excluding carboxylic acids is 1. The molecule has 0 fully saturated rings. The highest BCUT2D eigenvalue weighted by atomic mass is 16.5. The van der Waals surface area contributed by atoms with Crippen molar-refractivity contribution < 1.29 is 19.4 Å². The summed E-state index contributed by atoms with van der Waals surface area (Å²) >= 11 is 0. The van der Waals surface area contributed by atoms with Gasteiger partial charge < -0.3 is 14.7 Å². The van der Waals surface area contributed by atoms with E-state index in [2.05, 4.69) is 0 Å². The highest BCUT2D eigenvalue weighted by molar-refractivity contribution is 5.87. The van der Waals surface area contributed by atoms with Crippen molar-refractivity contribution in [3.05, 3.63) is 23.3 Å². The number of hydrogen-bond donors (Lipinski definition) is 1. The molecule has 0 aliphatic carbocycles. The van der Waals surface area contributed by atoms with Gasteiger partial charge in [0, 0.05) is 17.7 Å².